The predicted octanol–water partition coefficient (Wildman–Crippen LogP) is 5.07. The van der Waals surface area contributed by atoms with Gasteiger partial charge in [0.05, 0.1) is 5.39 Å². The molecule has 0 aromatic carbocycles. The number of aryl methyl sites for hydroxylation is 1. The highest BCUT2D eigenvalue weighted by Gasteiger charge is 2.19. The topological polar surface area (TPSA) is 57.7 Å². The molecule has 136 valence electrons. The number of aromatic nitrogens is 4. The molecule has 1 aliphatic rings. The molecule has 4 aromatic rings. The van der Waals surface area contributed by atoms with Gasteiger partial charge in [-0.2, -0.15) is 0 Å². The fourth-order valence-corrected chi connectivity index (χ4v) is 5.61. The number of nitrogens with one attached hydrogen (secondary N) is 1. The number of thiophene rings is 1. The van der Waals surface area contributed by atoms with Crippen molar-refractivity contribution in [3.05, 3.63) is 53.6 Å². The van der Waals surface area contributed by atoms with Crippen molar-refractivity contribution < 1.29 is 0 Å². The molecule has 7 heteroatoms. The summed E-state index contributed by atoms with van der Waals surface area (Å²) >= 11 is 3.67. The van der Waals surface area contributed by atoms with Crippen molar-refractivity contribution in [1.29, 1.82) is 0 Å². The molecule has 0 saturated heterocycles. The zero-order valence-electron chi connectivity index (χ0n) is 15.0. The molecular weight excluding hydrogens is 374 g/mol. The first-order valence-electron chi connectivity index (χ1n) is 9.10. The molecule has 0 saturated carbocycles. The van der Waals surface area contributed by atoms with E-state index in [1.807, 2.05) is 24.2 Å². The third kappa shape index (κ3) is 3.00. The van der Waals surface area contributed by atoms with Crippen LogP contribution in [0.1, 0.15) is 23.8 Å². The number of hydrogen-bond acceptors (Lipinski definition) is 6. The SMILES string of the molecule is CCCc1cc2c(N3C=C(c4ccnc5[nH]ccc45)SCC3)ncnc2s1. The number of anilines is 1. The van der Waals surface area contributed by atoms with Gasteiger partial charge in [0, 0.05) is 51.6 Å². The van der Waals surface area contributed by atoms with Gasteiger partial charge in [-0.1, -0.05) is 13.3 Å². The molecule has 1 aliphatic heterocycles. The van der Waals surface area contributed by atoms with Gasteiger partial charge in [-0.05, 0) is 24.6 Å². The van der Waals surface area contributed by atoms with Crippen LogP contribution in [0.4, 0.5) is 5.82 Å². The molecule has 0 atom stereocenters. The number of rotatable bonds is 4. The molecule has 0 radical (unpaired) electrons. The Morgan fingerprint density at radius 1 is 1.19 bits per heavy atom. The third-order valence-electron chi connectivity index (χ3n) is 4.72. The number of nitrogens with zero attached hydrogens (tertiary/aromatic N) is 4. The van der Waals surface area contributed by atoms with Crippen molar-refractivity contribution >= 4 is 55.1 Å². The van der Waals surface area contributed by atoms with Gasteiger partial charge < -0.3 is 9.88 Å². The summed E-state index contributed by atoms with van der Waals surface area (Å²) in [5.41, 5.74) is 2.15. The number of hydrogen-bond donors (Lipinski definition) is 1. The quantitative estimate of drug-likeness (QED) is 0.524. The molecule has 0 spiro atoms. The van der Waals surface area contributed by atoms with Gasteiger partial charge in [-0.25, -0.2) is 15.0 Å². The highest BCUT2D eigenvalue weighted by Crippen LogP contribution is 2.38. The second-order valence-corrected chi connectivity index (χ2v) is 8.76. The molecule has 0 fully saturated rings. The zero-order chi connectivity index (χ0) is 18.2. The molecule has 5 rings (SSSR count). The summed E-state index contributed by atoms with van der Waals surface area (Å²) in [6, 6.07) is 6.46. The third-order valence-corrected chi connectivity index (χ3v) is 6.84. The Morgan fingerprint density at radius 2 is 2.15 bits per heavy atom. The van der Waals surface area contributed by atoms with Gasteiger partial charge in [-0.3, -0.25) is 0 Å². The smallest absolute Gasteiger partial charge is 0.144 e. The van der Waals surface area contributed by atoms with Crippen LogP contribution in [0.15, 0.2) is 43.1 Å². The molecule has 5 heterocycles. The van der Waals surface area contributed by atoms with Crippen LogP contribution in [0, 0.1) is 0 Å². The largest absolute Gasteiger partial charge is 0.346 e. The van der Waals surface area contributed by atoms with Crippen molar-refractivity contribution in [2.45, 2.75) is 19.8 Å². The fourth-order valence-electron chi connectivity index (χ4n) is 3.48. The maximum Gasteiger partial charge on any atom is 0.144 e. The predicted molar refractivity (Wildman–Crippen MR) is 115 cm³/mol. The zero-order valence-corrected chi connectivity index (χ0v) is 16.6. The lowest BCUT2D eigenvalue weighted by Gasteiger charge is -2.26. The summed E-state index contributed by atoms with van der Waals surface area (Å²) in [6.45, 7) is 3.16. The lowest BCUT2D eigenvalue weighted by Crippen LogP contribution is -2.24. The van der Waals surface area contributed by atoms with E-state index in [4.69, 9.17) is 0 Å². The first-order valence-corrected chi connectivity index (χ1v) is 10.9. The van der Waals surface area contributed by atoms with Crippen LogP contribution in [0.2, 0.25) is 0 Å². The van der Waals surface area contributed by atoms with E-state index < -0.39 is 0 Å². The Balaban J connectivity index is 1.59. The van der Waals surface area contributed by atoms with E-state index in [-0.39, 0.29) is 0 Å². The Bertz CT molecular complexity index is 1140. The molecule has 0 bridgehead atoms. The molecular formula is C20H19N5S2. The Morgan fingerprint density at radius 3 is 3.07 bits per heavy atom. The van der Waals surface area contributed by atoms with Gasteiger partial charge in [-0.15, -0.1) is 23.1 Å². The van der Waals surface area contributed by atoms with Crippen LogP contribution >= 0.6 is 23.1 Å². The monoisotopic (exact) mass is 393 g/mol. The van der Waals surface area contributed by atoms with Crippen LogP contribution in [-0.4, -0.2) is 32.2 Å². The van der Waals surface area contributed by atoms with E-state index in [0.29, 0.717) is 0 Å². The van der Waals surface area contributed by atoms with E-state index >= 15 is 0 Å². The van der Waals surface area contributed by atoms with Crippen LogP contribution in [0.25, 0.3) is 26.2 Å². The highest BCUT2D eigenvalue weighted by atomic mass is 32.2. The molecule has 4 aromatic heterocycles. The summed E-state index contributed by atoms with van der Waals surface area (Å²) < 4.78 is 0. The van der Waals surface area contributed by atoms with Gasteiger partial charge in [0.1, 0.15) is 22.6 Å². The molecule has 5 nitrogen and oxygen atoms in total. The summed E-state index contributed by atoms with van der Waals surface area (Å²) in [7, 11) is 0. The van der Waals surface area contributed by atoms with Crippen molar-refractivity contribution in [3.8, 4) is 0 Å². The maximum absolute atomic E-state index is 4.63. The second-order valence-electron chi connectivity index (χ2n) is 6.51. The van der Waals surface area contributed by atoms with Crippen molar-refractivity contribution in [3.63, 3.8) is 0 Å². The second kappa shape index (κ2) is 6.98. The van der Waals surface area contributed by atoms with Crippen LogP contribution in [0.3, 0.4) is 0 Å². The average Bonchev–Trinajstić information content (AvgIpc) is 3.34. The number of fused-ring (bicyclic) bond motifs is 2. The van der Waals surface area contributed by atoms with Crippen LogP contribution in [0.5, 0.6) is 0 Å². The summed E-state index contributed by atoms with van der Waals surface area (Å²) in [4.78, 5) is 22.7. The van der Waals surface area contributed by atoms with E-state index in [2.05, 4.69) is 56.2 Å². The summed E-state index contributed by atoms with van der Waals surface area (Å²) in [6.07, 6.45) is 9.98. The fraction of sp³-hybridized carbons (Fsp3) is 0.250. The lowest BCUT2D eigenvalue weighted by molar-refractivity contribution is 0.940. The van der Waals surface area contributed by atoms with Gasteiger partial charge >= 0.3 is 0 Å². The Hall–Kier alpha value is -2.38. The van der Waals surface area contributed by atoms with Crippen LogP contribution in [-0.2, 0) is 6.42 Å². The molecule has 0 unspecified atom stereocenters. The average molecular weight is 394 g/mol. The maximum atomic E-state index is 4.63. The van der Waals surface area contributed by atoms with Crippen molar-refractivity contribution in [2.75, 3.05) is 17.2 Å². The Labute approximate surface area is 165 Å². The normalized spacial score (nSPS) is 14.9. The minimum atomic E-state index is 0.928. The van der Waals surface area contributed by atoms with Gasteiger partial charge in [0.15, 0.2) is 0 Å². The highest BCUT2D eigenvalue weighted by molar-refractivity contribution is 8.08. The molecule has 27 heavy (non-hydrogen) atoms. The Kier molecular flexibility index (Phi) is 4.33. The van der Waals surface area contributed by atoms with E-state index in [1.165, 1.54) is 15.3 Å². The molecule has 1 N–H and O–H groups in total. The van der Waals surface area contributed by atoms with Crippen molar-refractivity contribution in [1.82, 2.24) is 19.9 Å². The van der Waals surface area contributed by atoms with Crippen LogP contribution < -0.4 is 4.90 Å². The first kappa shape index (κ1) is 16.8. The number of H-pyrrole nitrogens is 1. The molecule has 0 aliphatic carbocycles. The van der Waals surface area contributed by atoms with Gasteiger partial charge in [0.25, 0.3) is 0 Å². The minimum Gasteiger partial charge on any atom is -0.346 e. The first-order chi connectivity index (χ1) is 13.3. The van der Waals surface area contributed by atoms with E-state index in [1.54, 1.807) is 17.7 Å². The minimum absolute atomic E-state index is 0.928. The molecule has 0 amide bonds. The van der Waals surface area contributed by atoms with Crippen molar-refractivity contribution in [2.24, 2.45) is 0 Å². The number of thioether (sulfide) groups is 1. The van der Waals surface area contributed by atoms with E-state index in [9.17, 15) is 0 Å². The standard InChI is InChI=1S/C20H19N5S2/c1-2-3-13-10-16-19(23-12-24-20(16)27-13)25-8-9-26-17(11-25)14-4-6-21-18-15(14)5-7-22-18/h4-7,10-12H,2-3,8-9H2,1H3,(H,21,22). The summed E-state index contributed by atoms with van der Waals surface area (Å²) in [5, 5.41) is 2.32. The summed E-state index contributed by atoms with van der Waals surface area (Å²) in [5.74, 6) is 2.04. The number of pyridine rings is 1. The number of aromatic amines is 1. The van der Waals surface area contributed by atoms with Gasteiger partial charge in [0.2, 0.25) is 0 Å². The lowest BCUT2D eigenvalue weighted by atomic mass is 10.2. The van der Waals surface area contributed by atoms with E-state index in [0.717, 1.165) is 52.2 Å².